The molecule has 0 unspecified atom stereocenters. The molecule has 1 aromatic carbocycles. The highest BCUT2D eigenvalue weighted by molar-refractivity contribution is 5.94. The SMILES string of the molecule is C[C@H](C(=O)Nc1ccc(OC(F)(F)F)cc1)N1CCCN(CC(=O)NC(C)(C)C)CC1. The van der Waals surface area contributed by atoms with Crippen LogP contribution in [0.3, 0.4) is 0 Å². The molecule has 2 N–H and O–H groups in total. The number of alkyl halides is 3. The van der Waals surface area contributed by atoms with Gasteiger partial charge in [-0.25, -0.2) is 0 Å². The number of nitrogens with zero attached hydrogens (tertiary/aromatic N) is 2. The van der Waals surface area contributed by atoms with Crippen molar-refractivity contribution in [2.24, 2.45) is 0 Å². The van der Waals surface area contributed by atoms with Gasteiger partial charge in [-0.1, -0.05) is 0 Å². The van der Waals surface area contributed by atoms with Crippen LogP contribution in [0, 0.1) is 0 Å². The first kappa shape index (κ1) is 24.9. The van der Waals surface area contributed by atoms with Crippen LogP contribution in [0.5, 0.6) is 5.75 Å². The lowest BCUT2D eigenvalue weighted by atomic mass is 10.1. The van der Waals surface area contributed by atoms with Gasteiger partial charge in [0.2, 0.25) is 11.8 Å². The molecule has 0 bridgehead atoms. The summed E-state index contributed by atoms with van der Waals surface area (Å²) in [6.07, 6.45) is -3.93. The summed E-state index contributed by atoms with van der Waals surface area (Å²) in [5.41, 5.74) is 0.111. The molecular weight excluding hydrogens is 413 g/mol. The molecule has 1 aromatic rings. The molecule has 1 heterocycles. The lowest BCUT2D eigenvalue weighted by Gasteiger charge is -2.27. The quantitative estimate of drug-likeness (QED) is 0.706. The number of rotatable bonds is 6. The number of carbonyl (C=O) groups excluding carboxylic acids is 2. The van der Waals surface area contributed by atoms with Crippen LogP contribution < -0.4 is 15.4 Å². The Bertz CT molecular complexity index is 748. The molecule has 10 heteroatoms. The summed E-state index contributed by atoms with van der Waals surface area (Å²) >= 11 is 0. The number of halogens is 3. The number of hydrogen-bond acceptors (Lipinski definition) is 5. The minimum Gasteiger partial charge on any atom is -0.406 e. The number of ether oxygens (including phenoxy) is 1. The minimum atomic E-state index is -4.76. The Morgan fingerprint density at radius 2 is 1.71 bits per heavy atom. The Morgan fingerprint density at radius 3 is 2.29 bits per heavy atom. The Kier molecular flexibility index (Phi) is 8.30. The van der Waals surface area contributed by atoms with Gasteiger partial charge in [-0.05, 0) is 64.9 Å². The number of amides is 2. The van der Waals surface area contributed by atoms with Crippen LogP contribution in [-0.4, -0.2) is 72.3 Å². The van der Waals surface area contributed by atoms with Gasteiger partial charge in [-0.3, -0.25) is 19.4 Å². The van der Waals surface area contributed by atoms with Gasteiger partial charge in [-0.15, -0.1) is 13.2 Å². The Hall–Kier alpha value is -2.33. The number of carbonyl (C=O) groups is 2. The summed E-state index contributed by atoms with van der Waals surface area (Å²) in [4.78, 5) is 28.9. The number of anilines is 1. The predicted octanol–water partition coefficient (Wildman–Crippen LogP) is 2.83. The van der Waals surface area contributed by atoms with E-state index in [-0.39, 0.29) is 23.1 Å². The predicted molar refractivity (Wildman–Crippen MR) is 112 cm³/mol. The van der Waals surface area contributed by atoms with E-state index in [1.807, 2.05) is 25.7 Å². The first-order valence-corrected chi connectivity index (χ1v) is 10.3. The molecule has 1 aliphatic rings. The maximum atomic E-state index is 12.6. The zero-order chi connectivity index (χ0) is 23.2. The topological polar surface area (TPSA) is 73.9 Å². The van der Waals surface area contributed by atoms with E-state index in [1.165, 1.54) is 12.1 Å². The van der Waals surface area contributed by atoms with Gasteiger partial charge in [0.25, 0.3) is 0 Å². The van der Waals surface area contributed by atoms with E-state index >= 15 is 0 Å². The largest absolute Gasteiger partial charge is 0.573 e. The molecule has 0 saturated carbocycles. The van der Waals surface area contributed by atoms with Crippen molar-refractivity contribution in [3.63, 3.8) is 0 Å². The fraction of sp³-hybridized carbons (Fsp3) is 0.619. The average Bonchev–Trinajstić information content (AvgIpc) is 2.85. The van der Waals surface area contributed by atoms with Gasteiger partial charge in [0.1, 0.15) is 5.75 Å². The van der Waals surface area contributed by atoms with Gasteiger partial charge in [0.15, 0.2) is 0 Å². The molecule has 1 atom stereocenters. The molecule has 7 nitrogen and oxygen atoms in total. The molecule has 31 heavy (non-hydrogen) atoms. The van der Waals surface area contributed by atoms with Gasteiger partial charge in [-0.2, -0.15) is 0 Å². The van der Waals surface area contributed by atoms with Gasteiger partial charge in [0, 0.05) is 30.9 Å². The van der Waals surface area contributed by atoms with Crippen molar-refractivity contribution in [1.29, 1.82) is 0 Å². The molecule has 0 aliphatic carbocycles. The molecule has 174 valence electrons. The van der Waals surface area contributed by atoms with Crippen molar-refractivity contribution in [2.75, 3.05) is 38.0 Å². The maximum Gasteiger partial charge on any atom is 0.573 e. The smallest absolute Gasteiger partial charge is 0.406 e. The van der Waals surface area contributed by atoms with Gasteiger partial charge < -0.3 is 15.4 Å². The van der Waals surface area contributed by atoms with E-state index in [4.69, 9.17) is 0 Å². The zero-order valence-electron chi connectivity index (χ0n) is 18.4. The second-order valence-corrected chi connectivity index (χ2v) is 8.70. The lowest BCUT2D eigenvalue weighted by Crippen LogP contribution is -2.47. The Labute approximate surface area is 180 Å². The normalized spacial score (nSPS) is 17.5. The van der Waals surface area contributed by atoms with E-state index in [1.54, 1.807) is 6.92 Å². The van der Waals surface area contributed by atoms with E-state index in [2.05, 4.69) is 20.3 Å². The second-order valence-electron chi connectivity index (χ2n) is 8.70. The van der Waals surface area contributed by atoms with Crippen molar-refractivity contribution < 1.29 is 27.5 Å². The minimum absolute atomic E-state index is 0.0234. The van der Waals surface area contributed by atoms with Crippen LogP contribution in [0.15, 0.2) is 24.3 Å². The summed E-state index contributed by atoms with van der Waals surface area (Å²) < 4.78 is 40.6. The monoisotopic (exact) mass is 444 g/mol. The first-order valence-electron chi connectivity index (χ1n) is 10.3. The molecule has 2 rings (SSSR count). The van der Waals surface area contributed by atoms with E-state index in [0.29, 0.717) is 31.9 Å². The molecule has 0 radical (unpaired) electrons. The highest BCUT2D eigenvalue weighted by Gasteiger charge is 2.31. The highest BCUT2D eigenvalue weighted by atomic mass is 19.4. The van der Waals surface area contributed by atoms with Crippen LogP contribution in [0.4, 0.5) is 18.9 Å². The summed E-state index contributed by atoms with van der Waals surface area (Å²) in [6, 6.07) is 4.61. The van der Waals surface area contributed by atoms with Crippen molar-refractivity contribution >= 4 is 17.5 Å². The molecule has 1 saturated heterocycles. The fourth-order valence-corrected chi connectivity index (χ4v) is 3.35. The van der Waals surface area contributed by atoms with Crippen molar-refractivity contribution in [2.45, 2.75) is 52.1 Å². The molecule has 0 aromatic heterocycles. The van der Waals surface area contributed by atoms with E-state index in [9.17, 15) is 22.8 Å². The zero-order valence-corrected chi connectivity index (χ0v) is 18.4. The van der Waals surface area contributed by atoms with Crippen LogP contribution in [0.25, 0.3) is 0 Å². The number of hydrogen-bond donors (Lipinski definition) is 2. The number of nitrogens with one attached hydrogen (secondary N) is 2. The molecular formula is C21H31F3N4O3. The molecule has 2 amide bonds. The lowest BCUT2D eigenvalue weighted by molar-refractivity contribution is -0.274. The van der Waals surface area contributed by atoms with Crippen LogP contribution in [0.1, 0.15) is 34.1 Å². The van der Waals surface area contributed by atoms with Crippen molar-refractivity contribution in [3.05, 3.63) is 24.3 Å². The molecule has 1 aliphatic heterocycles. The third-order valence-electron chi connectivity index (χ3n) is 4.79. The van der Waals surface area contributed by atoms with Gasteiger partial charge >= 0.3 is 6.36 Å². The number of benzene rings is 1. The third-order valence-corrected chi connectivity index (χ3v) is 4.79. The Balaban J connectivity index is 1.85. The summed E-state index contributed by atoms with van der Waals surface area (Å²) in [6.45, 7) is 10.7. The molecule has 0 spiro atoms. The summed E-state index contributed by atoms with van der Waals surface area (Å²) in [5.74, 6) is -0.616. The maximum absolute atomic E-state index is 12.6. The Morgan fingerprint density at radius 1 is 1.06 bits per heavy atom. The summed E-state index contributed by atoms with van der Waals surface area (Å²) in [5, 5.41) is 5.68. The van der Waals surface area contributed by atoms with E-state index in [0.717, 1.165) is 25.1 Å². The first-order chi connectivity index (χ1) is 14.3. The van der Waals surface area contributed by atoms with Crippen LogP contribution in [0.2, 0.25) is 0 Å². The summed E-state index contributed by atoms with van der Waals surface area (Å²) in [7, 11) is 0. The highest BCUT2D eigenvalue weighted by Crippen LogP contribution is 2.24. The van der Waals surface area contributed by atoms with Gasteiger partial charge in [0.05, 0.1) is 12.6 Å². The van der Waals surface area contributed by atoms with E-state index < -0.39 is 12.4 Å². The van der Waals surface area contributed by atoms with Crippen LogP contribution >= 0.6 is 0 Å². The van der Waals surface area contributed by atoms with Crippen molar-refractivity contribution in [1.82, 2.24) is 15.1 Å². The fourth-order valence-electron chi connectivity index (χ4n) is 3.35. The average molecular weight is 444 g/mol. The molecule has 1 fully saturated rings. The third kappa shape index (κ3) is 9.14. The van der Waals surface area contributed by atoms with Crippen LogP contribution in [-0.2, 0) is 9.59 Å². The second kappa shape index (κ2) is 10.3. The van der Waals surface area contributed by atoms with Crippen molar-refractivity contribution in [3.8, 4) is 5.75 Å². The standard InChI is InChI=1S/C21H31F3N4O3/c1-15(19(30)25-16-6-8-17(9-7-16)31-21(22,23)24)28-11-5-10-27(12-13-28)14-18(29)26-20(2,3)4/h6-9,15H,5,10-14H2,1-4H3,(H,25,30)(H,26,29)/t15-/m1/s1.